The summed E-state index contributed by atoms with van der Waals surface area (Å²) in [5, 5.41) is 28.3. The summed E-state index contributed by atoms with van der Waals surface area (Å²) in [6, 6.07) is 17.3. The third-order valence-corrected chi connectivity index (χ3v) is 5.47. The van der Waals surface area contributed by atoms with Crippen molar-refractivity contribution < 1.29 is 19.8 Å². The van der Waals surface area contributed by atoms with Crippen LogP contribution in [0.2, 0.25) is 0 Å². The molecule has 4 rings (SSSR count). The van der Waals surface area contributed by atoms with Gasteiger partial charge in [0.2, 0.25) is 0 Å². The van der Waals surface area contributed by atoms with E-state index >= 15 is 0 Å². The van der Waals surface area contributed by atoms with Gasteiger partial charge in [0.1, 0.15) is 5.75 Å². The molecular weight excluding hydrogens is 420 g/mol. The van der Waals surface area contributed by atoms with Crippen molar-refractivity contribution in [1.29, 1.82) is 0 Å². The highest BCUT2D eigenvalue weighted by Crippen LogP contribution is 2.35. The number of aromatic carboxylic acids is 1. The molecule has 1 amide bonds. The summed E-state index contributed by atoms with van der Waals surface area (Å²) in [6.45, 7) is 4.06. The highest BCUT2D eigenvalue weighted by Gasteiger charge is 2.25. The highest BCUT2D eigenvalue weighted by atomic mass is 16.4. The monoisotopic (exact) mass is 442 g/mol. The summed E-state index contributed by atoms with van der Waals surface area (Å²) in [5.41, 5.74) is 10.5. The number of carbonyl (C=O) groups excluding carboxylic acids is 1. The van der Waals surface area contributed by atoms with Gasteiger partial charge in [-0.15, -0.1) is 0 Å². The van der Waals surface area contributed by atoms with Crippen LogP contribution in [-0.2, 0) is 11.2 Å². The van der Waals surface area contributed by atoms with Crippen LogP contribution in [0.1, 0.15) is 27.0 Å². The molecule has 0 saturated heterocycles. The van der Waals surface area contributed by atoms with Crippen molar-refractivity contribution >= 4 is 29.0 Å². The van der Waals surface area contributed by atoms with Gasteiger partial charge in [-0.25, -0.2) is 10.2 Å². The van der Waals surface area contributed by atoms with Gasteiger partial charge in [0.05, 0.1) is 17.0 Å². The summed E-state index contributed by atoms with van der Waals surface area (Å²) in [5.74, 6) is -1.61. The van der Waals surface area contributed by atoms with Crippen LogP contribution < -0.4 is 10.9 Å². The van der Waals surface area contributed by atoms with Gasteiger partial charge < -0.3 is 10.2 Å². The molecule has 166 valence electrons. The van der Waals surface area contributed by atoms with Gasteiger partial charge >= 0.3 is 5.97 Å². The van der Waals surface area contributed by atoms with Crippen LogP contribution in [0.15, 0.2) is 70.9 Å². The molecule has 0 aliphatic carbocycles. The second-order valence-electron chi connectivity index (χ2n) is 7.75. The molecule has 0 spiro atoms. The lowest BCUT2D eigenvalue weighted by atomic mass is 10.0. The number of hydrazone groups is 2. The smallest absolute Gasteiger partial charge is 0.335 e. The number of aryl methyl sites for hydroxylation is 2. The minimum absolute atomic E-state index is 0.111. The van der Waals surface area contributed by atoms with Gasteiger partial charge in [-0.2, -0.15) is 10.2 Å². The van der Waals surface area contributed by atoms with Crippen LogP contribution in [0.4, 0.5) is 5.69 Å². The Balaban J connectivity index is 1.59. The number of carboxylic acid groups (broad SMARTS) is 1. The molecule has 3 aromatic rings. The maximum absolute atomic E-state index is 12.3. The van der Waals surface area contributed by atoms with Crippen molar-refractivity contribution in [3.8, 4) is 16.9 Å². The maximum atomic E-state index is 12.3. The Hall–Kier alpha value is -4.46. The summed E-state index contributed by atoms with van der Waals surface area (Å²) in [7, 11) is 0. The first kappa shape index (κ1) is 21.8. The van der Waals surface area contributed by atoms with E-state index in [0.29, 0.717) is 23.3 Å². The number of benzene rings is 3. The molecule has 8 nitrogen and oxygen atoms in total. The van der Waals surface area contributed by atoms with Crippen molar-refractivity contribution in [2.45, 2.75) is 20.3 Å². The van der Waals surface area contributed by atoms with E-state index in [2.05, 4.69) is 21.1 Å². The third kappa shape index (κ3) is 4.59. The number of phenolic OH excluding ortho intramolecular Hbond substituents is 1. The number of amides is 1. The fourth-order valence-corrected chi connectivity index (χ4v) is 3.50. The summed E-state index contributed by atoms with van der Waals surface area (Å²) in [4.78, 5) is 23.5. The third-order valence-electron chi connectivity index (χ3n) is 5.47. The fraction of sp³-hybridized carbons (Fsp3) is 0.120. The van der Waals surface area contributed by atoms with Crippen LogP contribution in [0, 0.1) is 13.8 Å². The number of carboxylic acids is 1. The van der Waals surface area contributed by atoms with E-state index in [9.17, 15) is 19.8 Å². The second-order valence-corrected chi connectivity index (χ2v) is 7.75. The van der Waals surface area contributed by atoms with E-state index < -0.39 is 11.9 Å². The van der Waals surface area contributed by atoms with Crippen molar-refractivity contribution in [2.24, 2.45) is 10.2 Å². The lowest BCUT2D eigenvalue weighted by Gasteiger charge is -2.11. The number of nitrogens with zero attached hydrogens (tertiary/aromatic N) is 2. The van der Waals surface area contributed by atoms with Gasteiger partial charge in [-0.05, 0) is 54.3 Å². The average molecular weight is 442 g/mol. The van der Waals surface area contributed by atoms with Crippen molar-refractivity contribution in [3.63, 3.8) is 0 Å². The zero-order valence-corrected chi connectivity index (χ0v) is 18.1. The first-order valence-corrected chi connectivity index (χ1v) is 10.3. The molecule has 33 heavy (non-hydrogen) atoms. The van der Waals surface area contributed by atoms with Gasteiger partial charge in [0.15, 0.2) is 5.71 Å². The maximum Gasteiger partial charge on any atom is 0.335 e. The molecule has 1 aliphatic rings. The Kier molecular flexibility index (Phi) is 5.91. The lowest BCUT2D eigenvalue weighted by Crippen LogP contribution is -2.25. The summed E-state index contributed by atoms with van der Waals surface area (Å²) in [6.07, 6.45) is 0.425. The molecule has 0 atom stereocenters. The minimum Gasteiger partial charge on any atom is -0.505 e. The molecule has 1 aliphatic heterocycles. The van der Waals surface area contributed by atoms with E-state index in [1.807, 2.05) is 32.0 Å². The predicted octanol–water partition coefficient (Wildman–Crippen LogP) is 3.87. The number of para-hydroxylation sites is 1. The largest absolute Gasteiger partial charge is 0.505 e. The first-order chi connectivity index (χ1) is 15.8. The van der Waals surface area contributed by atoms with Crippen molar-refractivity contribution in [1.82, 2.24) is 5.43 Å². The number of anilines is 1. The molecule has 0 bridgehead atoms. The topological polar surface area (TPSA) is 123 Å². The normalized spacial score (nSPS) is 14.2. The Morgan fingerprint density at radius 2 is 1.85 bits per heavy atom. The number of hydrogen-bond donors (Lipinski definition) is 4. The van der Waals surface area contributed by atoms with E-state index in [0.717, 1.165) is 11.1 Å². The number of carbonyl (C=O) groups is 2. The van der Waals surface area contributed by atoms with E-state index in [1.165, 1.54) is 17.7 Å². The number of aromatic hydroxyl groups is 1. The number of rotatable bonds is 6. The molecule has 0 saturated carbocycles. The zero-order valence-electron chi connectivity index (χ0n) is 18.1. The van der Waals surface area contributed by atoms with Gasteiger partial charge in [-0.3, -0.25) is 10.2 Å². The van der Waals surface area contributed by atoms with Gasteiger partial charge in [0, 0.05) is 12.0 Å². The average Bonchev–Trinajstić information content (AvgIpc) is 3.14. The summed E-state index contributed by atoms with van der Waals surface area (Å²) < 4.78 is 0. The first-order valence-electron chi connectivity index (χ1n) is 10.3. The number of hydrogen-bond acceptors (Lipinski definition) is 6. The molecule has 0 radical (unpaired) electrons. The van der Waals surface area contributed by atoms with Crippen LogP contribution in [0.3, 0.4) is 0 Å². The van der Waals surface area contributed by atoms with E-state index in [-0.39, 0.29) is 22.7 Å². The van der Waals surface area contributed by atoms with Crippen LogP contribution in [0.5, 0.6) is 5.75 Å². The Morgan fingerprint density at radius 3 is 2.61 bits per heavy atom. The molecule has 0 fully saturated rings. The standard InChI is InChI=1S/C25H22N4O4/c1-14-9-10-16(11-15(14)2)12-21-22(24(31)29-27-21)28-26-20-8-4-7-19(23(20)30)17-5-3-6-18(13-17)25(32)33/h3-11,13,26,30H,12H2,1-2H3,(H,32,33)(H,28,29,31). The van der Waals surface area contributed by atoms with E-state index in [1.54, 1.807) is 30.3 Å². The molecule has 8 heteroatoms. The van der Waals surface area contributed by atoms with Crippen molar-refractivity contribution in [2.75, 3.05) is 5.43 Å². The van der Waals surface area contributed by atoms with E-state index in [4.69, 9.17) is 0 Å². The Morgan fingerprint density at radius 1 is 1.06 bits per heavy atom. The van der Waals surface area contributed by atoms with Crippen LogP contribution in [-0.4, -0.2) is 33.5 Å². The molecular formula is C25H22N4O4. The fourth-order valence-electron chi connectivity index (χ4n) is 3.50. The SMILES string of the molecule is Cc1ccc(CC2=NNC(=O)C2=NNc2cccc(-c3cccc(C(=O)O)c3)c2O)cc1C. The lowest BCUT2D eigenvalue weighted by molar-refractivity contribution is -0.114. The predicted molar refractivity (Wildman–Crippen MR) is 127 cm³/mol. The van der Waals surface area contributed by atoms with Gasteiger partial charge in [0.25, 0.3) is 5.91 Å². The number of phenols is 1. The molecule has 4 N–H and O–H groups in total. The Bertz CT molecular complexity index is 1330. The number of nitrogens with one attached hydrogen (secondary N) is 2. The second kappa shape index (κ2) is 8.96. The van der Waals surface area contributed by atoms with Gasteiger partial charge in [-0.1, -0.05) is 42.5 Å². The molecule has 0 aromatic heterocycles. The molecule has 1 heterocycles. The quantitative estimate of drug-likeness (QED) is 0.341. The molecule has 3 aromatic carbocycles. The summed E-state index contributed by atoms with van der Waals surface area (Å²) >= 11 is 0. The highest BCUT2D eigenvalue weighted by molar-refractivity contribution is 6.69. The minimum atomic E-state index is -1.06. The van der Waals surface area contributed by atoms with Crippen LogP contribution >= 0.6 is 0 Å². The van der Waals surface area contributed by atoms with Crippen molar-refractivity contribution in [3.05, 3.63) is 82.9 Å². The van der Waals surface area contributed by atoms with Crippen LogP contribution in [0.25, 0.3) is 11.1 Å². The zero-order chi connectivity index (χ0) is 23.5. The molecule has 0 unspecified atom stereocenters. The Labute approximate surface area is 190 Å².